The lowest BCUT2D eigenvalue weighted by molar-refractivity contribution is -0.0354. The monoisotopic (exact) mass is 246 g/mol. The first-order chi connectivity index (χ1) is 8.84. The maximum Gasteiger partial charge on any atom is 0.0621 e. The highest BCUT2D eigenvalue weighted by Crippen LogP contribution is 2.32. The summed E-state index contributed by atoms with van der Waals surface area (Å²) >= 11 is 0. The Balaban J connectivity index is 1.67. The molecule has 1 heterocycles. The average molecular weight is 246 g/mol. The van der Waals surface area contributed by atoms with Crippen molar-refractivity contribution in [2.24, 2.45) is 11.8 Å². The number of aliphatic hydroxyl groups excluding tert-OH is 1. The van der Waals surface area contributed by atoms with Gasteiger partial charge in [0, 0.05) is 12.5 Å². The highest BCUT2D eigenvalue weighted by Gasteiger charge is 2.31. The van der Waals surface area contributed by atoms with E-state index in [1.807, 2.05) is 0 Å². The van der Waals surface area contributed by atoms with Crippen LogP contribution in [-0.2, 0) is 17.6 Å². The summed E-state index contributed by atoms with van der Waals surface area (Å²) < 4.78 is 5.50. The molecule has 1 aliphatic heterocycles. The van der Waals surface area contributed by atoms with Crippen LogP contribution in [0.3, 0.4) is 0 Å². The first kappa shape index (κ1) is 12.2. The van der Waals surface area contributed by atoms with Crippen molar-refractivity contribution < 1.29 is 9.84 Å². The molecular formula is C16H22O2. The molecular weight excluding hydrogens is 224 g/mol. The van der Waals surface area contributed by atoms with E-state index >= 15 is 0 Å². The minimum atomic E-state index is -0.182. The predicted octanol–water partition coefficient (Wildman–Crippen LogP) is 2.58. The molecule has 2 heteroatoms. The second-order valence-corrected chi connectivity index (χ2v) is 5.74. The minimum Gasteiger partial charge on any atom is -0.392 e. The van der Waals surface area contributed by atoms with Gasteiger partial charge in [0.25, 0.3) is 0 Å². The van der Waals surface area contributed by atoms with Crippen molar-refractivity contribution in [2.75, 3.05) is 13.2 Å². The topological polar surface area (TPSA) is 29.5 Å². The Bertz CT molecular complexity index is 396. The molecule has 1 fully saturated rings. The largest absolute Gasteiger partial charge is 0.392 e. The van der Waals surface area contributed by atoms with E-state index in [1.165, 1.54) is 11.1 Å². The molecule has 0 amide bonds. The minimum absolute atomic E-state index is 0.182. The summed E-state index contributed by atoms with van der Waals surface area (Å²) in [6, 6.07) is 8.66. The normalized spacial score (nSPS) is 29.6. The molecule has 2 nitrogen and oxygen atoms in total. The van der Waals surface area contributed by atoms with Crippen LogP contribution < -0.4 is 0 Å². The molecule has 98 valence electrons. The second-order valence-electron chi connectivity index (χ2n) is 5.74. The SMILES string of the molecule is OC(C1CCCOC1)C1CCc2ccccc2C1. The van der Waals surface area contributed by atoms with Crippen molar-refractivity contribution >= 4 is 0 Å². The number of aliphatic hydroxyl groups is 1. The Labute approximate surface area is 109 Å². The Morgan fingerprint density at radius 1 is 1.11 bits per heavy atom. The van der Waals surface area contributed by atoms with Gasteiger partial charge in [-0.25, -0.2) is 0 Å². The van der Waals surface area contributed by atoms with Crippen molar-refractivity contribution in [3.8, 4) is 0 Å². The van der Waals surface area contributed by atoms with E-state index in [-0.39, 0.29) is 6.10 Å². The molecule has 0 saturated carbocycles. The first-order valence-electron chi connectivity index (χ1n) is 7.17. The van der Waals surface area contributed by atoms with E-state index in [1.54, 1.807) is 0 Å². The van der Waals surface area contributed by atoms with E-state index < -0.39 is 0 Å². The Morgan fingerprint density at radius 2 is 1.94 bits per heavy atom. The molecule has 0 spiro atoms. The lowest BCUT2D eigenvalue weighted by atomic mass is 9.76. The van der Waals surface area contributed by atoms with Crippen LogP contribution in [0.15, 0.2) is 24.3 Å². The molecule has 0 aromatic heterocycles. The van der Waals surface area contributed by atoms with Crippen molar-refractivity contribution in [3.05, 3.63) is 35.4 Å². The fourth-order valence-corrected chi connectivity index (χ4v) is 3.44. The van der Waals surface area contributed by atoms with Crippen molar-refractivity contribution in [1.29, 1.82) is 0 Å². The zero-order valence-corrected chi connectivity index (χ0v) is 10.8. The molecule has 3 atom stereocenters. The van der Waals surface area contributed by atoms with E-state index in [4.69, 9.17) is 4.74 Å². The zero-order valence-electron chi connectivity index (χ0n) is 10.8. The summed E-state index contributed by atoms with van der Waals surface area (Å²) in [5.41, 5.74) is 2.91. The van der Waals surface area contributed by atoms with Crippen LogP contribution in [0.1, 0.15) is 30.4 Å². The van der Waals surface area contributed by atoms with Crippen LogP contribution >= 0.6 is 0 Å². The smallest absolute Gasteiger partial charge is 0.0621 e. The van der Waals surface area contributed by atoms with Gasteiger partial charge in [0.05, 0.1) is 12.7 Å². The van der Waals surface area contributed by atoms with Gasteiger partial charge in [0.1, 0.15) is 0 Å². The molecule has 1 N–H and O–H groups in total. The molecule has 0 radical (unpaired) electrons. The third-order valence-electron chi connectivity index (χ3n) is 4.55. The highest BCUT2D eigenvalue weighted by atomic mass is 16.5. The molecule has 1 aromatic rings. The summed E-state index contributed by atoms with van der Waals surface area (Å²) in [5.74, 6) is 0.778. The lowest BCUT2D eigenvalue weighted by Gasteiger charge is -2.34. The van der Waals surface area contributed by atoms with E-state index in [9.17, 15) is 5.11 Å². The Kier molecular flexibility index (Phi) is 3.67. The molecule has 2 aliphatic rings. The van der Waals surface area contributed by atoms with Crippen LogP contribution in [-0.4, -0.2) is 24.4 Å². The summed E-state index contributed by atoms with van der Waals surface area (Å²) in [4.78, 5) is 0. The van der Waals surface area contributed by atoms with Gasteiger partial charge in [-0.3, -0.25) is 0 Å². The van der Waals surface area contributed by atoms with Crippen LogP contribution in [0.2, 0.25) is 0 Å². The summed E-state index contributed by atoms with van der Waals surface area (Å²) in [5, 5.41) is 10.5. The molecule has 3 rings (SSSR count). The van der Waals surface area contributed by atoms with Crippen LogP contribution in [0.4, 0.5) is 0 Å². The van der Waals surface area contributed by atoms with Gasteiger partial charge in [-0.2, -0.15) is 0 Å². The Hall–Kier alpha value is -0.860. The fourth-order valence-electron chi connectivity index (χ4n) is 3.44. The third kappa shape index (κ3) is 2.45. The van der Waals surface area contributed by atoms with Crippen molar-refractivity contribution in [2.45, 2.75) is 38.2 Å². The van der Waals surface area contributed by atoms with E-state index in [2.05, 4.69) is 24.3 Å². The van der Waals surface area contributed by atoms with Gasteiger partial charge < -0.3 is 9.84 Å². The van der Waals surface area contributed by atoms with Gasteiger partial charge in [-0.15, -0.1) is 0 Å². The number of rotatable bonds is 2. The van der Waals surface area contributed by atoms with Crippen LogP contribution in [0.25, 0.3) is 0 Å². The van der Waals surface area contributed by atoms with Crippen LogP contribution in [0, 0.1) is 11.8 Å². The molecule has 18 heavy (non-hydrogen) atoms. The number of aryl methyl sites for hydroxylation is 1. The van der Waals surface area contributed by atoms with Crippen molar-refractivity contribution in [1.82, 2.24) is 0 Å². The number of ether oxygens (including phenoxy) is 1. The van der Waals surface area contributed by atoms with Gasteiger partial charge in [-0.05, 0) is 49.1 Å². The molecule has 1 aliphatic carbocycles. The summed E-state index contributed by atoms with van der Waals surface area (Å²) in [6.45, 7) is 1.62. The molecule has 0 bridgehead atoms. The second kappa shape index (κ2) is 5.41. The van der Waals surface area contributed by atoms with Gasteiger partial charge in [0.2, 0.25) is 0 Å². The van der Waals surface area contributed by atoms with Gasteiger partial charge in [-0.1, -0.05) is 24.3 Å². The number of benzene rings is 1. The predicted molar refractivity (Wildman–Crippen MR) is 71.5 cm³/mol. The standard InChI is InChI=1S/C16H22O2/c17-16(15-6-3-9-18-11-15)14-8-7-12-4-1-2-5-13(12)10-14/h1-2,4-5,14-17H,3,6-11H2. The van der Waals surface area contributed by atoms with Gasteiger partial charge in [0.15, 0.2) is 0 Å². The number of fused-ring (bicyclic) bond motifs is 1. The molecule has 1 aromatic carbocycles. The summed E-state index contributed by atoms with van der Waals surface area (Å²) in [7, 11) is 0. The van der Waals surface area contributed by atoms with E-state index in [0.29, 0.717) is 11.8 Å². The molecule has 1 saturated heterocycles. The van der Waals surface area contributed by atoms with E-state index in [0.717, 1.165) is 45.3 Å². The molecule has 3 unspecified atom stereocenters. The lowest BCUT2D eigenvalue weighted by Crippen LogP contribution is -2.37. The Morgan fingerprint density at radius 3 is 2.72 bits per heavy atom. The summed E-state index contributed by atoms with van der Waals surface area (Å²) in [6.07, 6.45) is 5.32. The average Bonchev–Trinajstić information content (AvgIpc) is 2.47. The van der Waals surface area contributed by atoms with Crippen molar-refractivity contribution in [3.63, 3.8) is 0 Å². The highest BCUT2D eigenvalue weighted by molar-refractivity contribution is 5.29. The number of hydrogen-bond donors (Lipinski definition) is 1. The van der Waals surface area contributed by atoms with Gasteiger partial charge >= 0.3 is 0 Å². The third-order valence-corrected chi connectivity index (χ3v) is 4.55. The first-order valence-corrected chi connectivity index (χ1v) is 7.17. The fraction of sp³-hybridized carbons (Fsp3) is 0.625. The maximum absolute atomic E-state index is 10.5. The van der Waals surface area contributed by atoms with Crippen LogP contribution in [0.5, 0.6) is 0 Å². The quantitative estimate of drug-likeness (QED) is 0.869. The number of hydrogen-bond acceptors (Lipinski definition) is 2. The maximum atomic E-state index is 10.5. The zero-order chi connectivity index (χ0) is 12.4.